The maximum absolute atomic E-state index is 11.8. The van der Waals surface area contributed by atoms with Gasteiger partial charge in [0.1, 0.15) is 17.3 Å². The van der Waals surface area contributed by atoms with Gasteiger partial charge in [0, 0.05) is 36.9 Å². The molecule has 0 atom stereocenters. The first-order valence-corrected chi connectivity index (χ1v) is 8.70. The Hall–Kier alpha value is -1.40. The Labute approximate surface area is 143 Å². The third kappa shape index (κ3) is 4.78. The Morgan fingerprint density at radius 3 is 2.43 bits per heavy atom. The number of ketones is 1. The predicted octanol–water partition coefficient (Wildman–Crippen LogP) is 2.36. The monoisotopic (exact) mass is 339 g/mol. The molecule has 0 aliphatic carbocycles. The van der Waals surface area contributed by atoms with Crippen LogP contribution in [0, 0.1) is 0 Å². The summed E-state index contributed by atoms with van der Waals surface area (Å²) in [5, 5.41) is 0. The molecule has 2 rings (SSSR count). The quantitative estimate of drug-likeness (QED) is 0.737. The normalized spacial score (nSPS) is 14.7. The molecule has 1 saturated heterocycles. The lowest BCUT2D eigenvalue weighted by Gasteiger charge is -2.31. The predicted molar refractivity (Wildman–Crippen MR) is 94.4 cm³/mol. The van der Waals surface area contributed by atoms with E-state index in [1.54, 1.807) is 0 Å². The van der Waals surface area contributed by atoms with Gasteiger partial charge in [0.15, 0.2) is 0 Å². The maximum Gasteiger partial charge on any atom is 0.146 e. The van der Waals surface area contributed by atoms with Crippen LogP contribution in [0.4, 0.5) is 5.69 Å². The minimum atomic E-state index is 0.0656. The Morgan fingerprint density at radius 2 is 1.83 bits per heavy atom. The number of morpholine rings is 1. The summed E-state index contributed by atoms with van der Waals surface area (Å²) in [5.41, 5.74) is 1.85. The highest BCUT2D eigenvalue weighted by Crippen LogP contribution is 2.36. The molecule has 1 aromatic carbocycles. The number of anilines is 1. The van der Waals surface area contributed by atoms with Crippen LogP contribution in [0.5, 0.6) is 11.5 Å². The van der Waals surface area contributed by atoms with Gasteiger partial charge >= 0.3 is 0 Å². The minimum Gasteiger partial charge on any atom is -0.493 e. The first-order valence-electron chi connectivity index (χ1n) is 8.07. The van der Waals surface area contributed by atoms with Crippen molar-refractivity contribution in [2.45, 2.75) is 20.3 Å². The molecule has 0 bridgehead atoms. The minimum absolute atomic E-state index is 0.0656. The third-order valence-electron chi connectivity index (χ3n) is 3.66. The molecule has 1 aromatic rings. The molecule has 23 heavy (non-hydrogen) atoms. The highest BCUT2D eigenvalue weighted by molar-refractivity contribution is 7.81. The van der Waals surface area contributed by atoms with Gasteiger partial charge in [0.05, 0.1) is 32.1 Å². The number of hydrogen-bond donors (Lipinski definition) is 1. The first kappa shape index (κ1) is 17.9. The zero-order valence-electron chi connectivity index (χ0n) is 13.8. The number of rotatable bonds is 8. The van der Waals surface area contributed by atoms with Crippen LogP contribution >= 0.6 is 12.6 Å². The van der Waals surface area contributed by atoms with E-state index in [1.807, 2.05) is 26.0 Å². The molecule has 128 valence electrons. The van der Waals surface area contributed by atoms with Crippen molar-refractivity contribution in [1.82, 2.24) is 0 Å². The van der Waals surface area contributed by atoms with Crippen molar-refractivity contribution in [3.05, 3.63) is 17.7 Å². The molecular weight excluding hydrogens is 314 g/mol. The van der Waals surface area contributed by atoms with Gasteiger partial charge in [0.2, 0.25) is 0 Å². The van der Waals surface area contributed by atoms with E-state index in [9.17, 15) is 4.79 Å². The zero-order chi connectivity index (χ0) is 16.7. The van der Waals surface area contributed by atoms with Gasteiger partial charge in [-0.3, -0.25) is 4.79 Å². The summed E-state index contributed by atoms with van der Waals surface area (Å²) in [4.78, 5) is 14.0. The van der Waals surface area contributed by atoms with Gasteiger partial charge < -0.3 is 19.1 Å². The maximum atomic E-state index is 11.8. The lowest BCUT2D eigenvalue weighted by atomic mass is 10.1. The number of carbonyl (C=O) groups excluding carboxylic acids is 1. The van der Waals surface area contributed by atoms with Crippen LogP contribution in [-0.4, -0.2) is 51.1 Å². The molecule has 0 unspecified atom stereocenters. The summed E-state index contributed by atoms with van der Waals surface area (Å²) in [6, 6.07) is 3.92. The van der Waals surface area contributed by atoms with Gasteiger partial charge in [-0.2, -0.15) is 12.6 Å². The van der Waals surface area contributed by atoms with Crippen molar-refractivity contribution in [2.75, 3.05) is 50.2 Å². The summed E-state index contributed by atoms with van der Waals surface area (Å²) >= 11 is 4.06. The molecule has 5 nitrogen and oxygen atoms in total. The van der Waals surface area contributed by atoms with Crippen molar-refractivity contribution in [2.24, 2.45) is 0 Å². The van der Waals surface area contributed by atoms with Gasteiger partial charge in [-0.15, -0.1) is 0 Å². The highest BCUT2D eigenvalue weighted by atomic mass is 32.1. The first-order chi connectivity index (χ1) is 11.2. The van der Waals surface area contributed by atoms with E-state index in [1.165, 1.54) is 0 Å². The van der Waals surface area contributed by atoms with Crippen molar-refractivity contribution in [1.29, 1.82) is 0 Å². The molecule has 0 radical (unpaired) electrons. The smallest absolute Gasteiger partial charge is 0.146 e. The molecule has 6 heteroatoms. The second-order valence-electron chi connectivity index (χ2n) is 5.27. The van der Waals surface area contributed by atoms with E-state index in [0.29, 0.717) is 32.8 Å². The van der Waals surface area contributed by atoms with E-state index in [-0.39, 0.29) is 11.5 Å². The van der Waals surface area contributed by atoms with Crippen molar-refractivity contribution >= 4 is 24.1 Å². The fourth-order valence-corrected chi connectivity index (χ4v) is 2.72. The van der Waals surface area contributed by atoms with E-state index < -0.39 is 0 Å². The molecule has 1 aliphatic rings. The molecule has 0 saturated carbocycles. The Balaban J connectivity index is 2.38. The molecule has 0 N–H and O–H groups in total. The highest BCUT2D eigenvalue weighted by Gasteiger charge is 2.20. The van der Waals surface area contributed by atoms with Gasteiger partial charge in [-0.25, -0.2) is 0 Å². The number of Topliss-reactive ketones (excluding diaryl/α,β-unsaturated/α-hetero) is 1. The van der Waals surface area contributed by atoms with Gasteiger partial charge in [0.25, 0.3) is 0 Å². The van der Waals surface area contributed by atoms with Crippen molar-refractivity contribution in [3.8, 4) is 11.5 Å². The van der Waals surface area contributed by atoms with Gasteiger partial charge in [-0.05, 0) is 19.9 Å². The van der Waals surface area contributed by atoms with Crippen molar-refractivity contribution in [3.63, 3.8) is 0 Å². The average molecular weight is 339 g/mol. The number of ether oxygens (including phenoxy) is 3. The molecule has 0 amide bonds. The molecule has 0 spiro atoms. The molecular formula is C17H25NO4S. The summed E-state index contributed by atoms with van der Waals surface area (Å²) in [5.74, 6) is 1.82. The standard InChI is InChI=1S/C17H25NO4S/c1-3-21-16-11-15(18-5-7-20-8-6-18)17(22-4-2)10-13(16)9-14(19)12-23/h10-11,23H,3-9,12H2,1-2H3. The van der Waals surface area contributed by atoms with Crippen LogP contribution < -0.4 is 14.4 Å². The van der Waals surface area contributed by atoms with E-state index >= 15 is 0 Å². The number of thiol groups is 1. The fraction of sp³-hybridized carbons (Fsp3) is 0.588. The van der Waals surface area contributed by atoms with E-state index in [0.717, 1.165) is 35.8 Å². The van der Waals surface area contributed by atoms with Crippen molar-refractivity contribution < 1.29 is 19.0 Å². The van der Waals surface area contributed by atoms with E-state index in [2.05, 4.69) is 17.5 Å². The largest absolute Gasteiger partial charge is 0.493 e. The summed E-state index contributed by atoms with van der Waals surface area (Å²) in [6.07, 6.45) is 0.308. The van der Waals surface area contributed by atoms with Crippen LogP contribution in [-0.2, 0) is 16.0 Å². The van der Waals surface area contributed by atoms with E-state index in [4.69, 9.17) is 14.2 Å². The average Bonchev–Trinajstić information content (AvgIpc) is 2.58. The number of carbonyl (C=O) groups is 1. The summed E-state index contributed by atoms with van der Waals surface area (Å²) in [6.45, 7) is 8.07. The third-order valence-corrected chi connectivity index (χ3v) is 4.01. The summed E-state index contributed by atoms with van der Waals surface area (Å²) in [7, 11) is 0. The molecule has 1 aliphatic heterocycles. The Kier molecular flexibility index (Phi) is 7.05. The number of benzene rings is 1. The van der Waals surface area contributed by atoms with Crippen LogP contribution in [0.3, 0.4) is 0 Å². The SMILES string of the molecule is CCOc1cc(N2CCOCC2)c(OCC)cc1CC(=O)CS. The van der Waals surface area contributed by atoms with Crippen LogP contribution in [0.25, 0.3) is 0 Å². The fourth-order valence-electron chi connectivity index (χ4n) is 2.61. The van der Waals surface area contributed by atoms with Crippen LogP contribution in [0.1, 0.15) is 19.4 Å². The molecule has 1 fully saturated rings. The Bertz CT molecular complexity index is 530. The van der Waals surface area contributed by atoms with Gasteiger partial charge in [-0.1, -0.05) is 0 Å². The molecule has 1 heterocycles. The zero-order valence-corrected chi connectivity index (χ0v) is 14.7. The van der Waals surface area contributed by atoms with Crippen LogP contribution in [0.15, 0.2) is 12.1 Å². The lowest BCUT2D eigenvalue weighted by molar-refractivity contribution is -0.116. The second-order valence-corrected chi connectivity index (χ2v) is 5.58. The topological polar surface area (TPSA) is 48.0 Å². The Morgan fingerprint density at radius 1 is 1.17 bits per heavy atom. The molecule has 0 aromatic heterocycles. The second kappa shape index (κ2) is 9.03. The lowest BCUT2D eigenvalue weighted by Crippen LogP contribution is -2.36. The van der Waals surface area contributed by atoms with Crippen LogP contribution in [0.2, 0.25) is 0 Å². The number of nitrogens with zero attached hydrogens (tertiary/aromatic N) is 1. The number of hydrogen-bond acceptors (Lipinski definition) is 6. The summed E-state index contributed by atoms with van der Waals surface area (Å²) < 4.78 is 17.0.